The lowest BCUT2D eigenvalue weighted by atomic mass is 10.0. The van der Waals surface area contributed by atoms with Gasteiger partial charge in [-0.25, -0.2) is 0 Å². The van der Waals surface area contributed by atoms with Crippen LogP contribution in [-0.2, 0) is 0 Å². The molecule has 0 atom stereocenters. The van der Waals surface area contributed by atoms with E-state index in [0.717, 1.165) is 27.5 Å². The van der Waals surface area contributed by atoms with E-state index in [4.69, 9.17) is 11.6 Å². The fourth-order valence-electron chi connectivity index (χ4n) is 2.05. The number of allylic oxidation sites excluding steroid dienone is 2. The number of nitrogens with one attached hydrogen (secondary N) is 1. The summed E-state index contributed by atoms with van der Waals surface area (Å²) in [7, 11) is 0. The summed E-state index contributed by atoms with van der Waals surface area (Å²) in [4.78, 5) is 11.3. The van der Waals surface area contributed by atoms with Crippen molar-refractivity contribution in [3.63, 3.8) is 0 Å². The normalized spacial score (nSPS) is 11.8. The topological polar surface area (TPSA) is 29.1 Å². The fraction of sp³-hybridized carbons (Fsp3) is 0.167. The van der Waals surface area contributed by atoms with Crippen LogP contribution in [0.1, 0.15) is 36.7 Å². The molecule has 0 aliphatic rings. The van der Waals surface area contributed by atoms with E-state index in [9.17, 15) is 4.79 Å². The second-order valence-electron chi connectivity index (χ2n) is 4.96. The third-order valence-electron chi connectivity index (χ3n) is 3.42. The molecule has 21 heavy (non-hydrogen) atoms. The highest BCUT2D eigenvalue weighted by Crippen LogP contribution is 2.29. The first-order valence-electron chi connectivity index (χ1n) is 6.79. The third kappa shape index (κ3) is 3.73. The number of carbonyl (C=O) groups is 1. The first-order chi connectivity index (χ1) is 9.99. The maximum Gasteiger partial charge on any atom is 0.159 e. The molecule has 0 saturated heterocycles. The van der Waals surface area contributed by atoms with Crippen LogP contribution in [0.15, 0.2) is 53.6 Å². The van der Waals surface area contributed by atoms with E-state index >= 15 is 0 Å². The quantitative estimate of drug-likeness (QED) is 0.742. The Hall–Kier alpha value is -2.06. The van der Waals surface area contributed by atoms with Gasteiger partial charge in [0.1, 0.15) is 0 Å². The van der Waals surface area contributed by atoms with Gasteiger partial charge in [0.25, 0.3) is 0 Å². The molecule has 0 heterocycles. The van der Waals surface area contributed by atoms with Crippen molar-refractivity contribution in [1.29, 1.82) is 0 Å². The van der Waals surface area contributed by atoms with E-state index in [-0.39, 0.29) is 5.78 Å². The number of Topliss-reactive ketones (excluding diaryl/α,β-unsaturated/α-hetero) is 1. The number of rotatable bonds is 4. The minimum Gasteiger partial charge on any atom is -0.355 e. The van der Waals surface area contributed by atoms with E-state index in [2.05, 4.69) is 5.32 Å². The molecule has 2 nitrogen and oxygen atoms in total. The maximum absolute atomic E-state index is 11.3. The maximum atomic E-state index is 11.3. The minimum atomic E-state index is 0.0680. The van der Waals surface area contributed by atoms with E-state index in [0.29, 0.717) is 5.56 Å². The van der Waals surface area contributed by atoms with Crippen LogP contribution in [0.25, 0.3) is 5.57 Å². The van der Waals surface area contributed by atoms with Gasteiger partial charge in [0, 0.05) is 27.5 Å². The van der Waals surface area contributed by atoms with Crippen molar-refractivity contribution >= 4 is 34.3 Å². The van der Waals surface area contributed by atoms with Gasteiger partial charge in [-0.05, 0) is 56.7 Å². The fourth-order valence-corrected chi connectivity index (χ4v) is 2.15. The van der Waals surface area contributed by atoms with E-state index in [1.165, 1.54) is 0 Å². The van der Waals surface area contributed by atoms with Crippen LogP contribution in [0.5, 0.6) is 0 Å². The smallest absolute Gasteiger partial charge is 0.159 e. The third-order valence-corrected chi connectivity index (χ3v) is 3.70. The van der Waals surface area contributed by atoms with Crippen LogP contribution in [0.3, 0.4) is 0 Å². The van der Waals surface area contributed by atoms with Crippen molar-refractivity contribution in [3.05, 3.63) is 64.7 Å². The molecule has 0 amide bonds. The predicted octanol–water partition coefficient (Wildman–Crippen LogP) is 5.62. The van der Waals surface area contributed by atoms with E-state index in [1.807, 2.05) is 62.4 Å². The largest absolute Gasteiger partial charge is 0.355 e. The van der Waals surface area contributed by atoms with Crippen molar-refractivity contribution in [3.8, 4) is 0 Å². The molecule has 0 fully saturated rings. The van der Waals surface area contributed by atoms with Crippen LogP contribution in [-0.4, -0.2) is 5.78 Å². The number of anilines is 2. The number of ketones is 1. The molecule has 0 radical (unpaired) electrons. The highest BCUT2D eigenvalue weighted by atomic mass is 35.5. The standard InChI is InChI=1S/C18H18ClNO/c1-12(13(2)19)17-6-4-5-7-18(17)20-16-10-8-15(9-11-16)14(3)21/h4-11,20H,1-3H3/b13-12-. The molecule has 0 bridgehead atoms. The van der Waals surface area contributed by atoms with Gasteiger partial charge in [-0.1, -0.05) is 29.8 Å². The SMILES string of the molecule is CC(=O)c1ccc(Nc2ccccc2/C(C)=C(/C)Cl)cc1. The van der Waals surface area contributed by atoms with Crippen molar-refractivity contribution in [2.45, 2.75) is 20.8 Å². The van der Waals surface area contributed by atoms with Gasteiger partial charge in [0.05, 0.1) is 0 Å². The Balaban J connectivity index is 2.32. The summed E-state index contributed by atoms with van der Waals surface area (Å²) in [5.74, 6) is 0.0680. The number of halogens is 1. The van der Waals surface area contributed by atoms with Crippen LogP contribution in [0.2, 0.25) is 0 Å². The molecule has 0 saturated carbocycles. The van der Waals surface area contributed by atoms with Gasteiger partial charge in [-0.15, -0.1) is 0 Å². The summed E-state index contributed by atoms with van der Waals surface area (Å²) < 4.78 is 0. The average molecular weight is 300 g/mol. The molecule has 0 unspecified atom stereocenters. The summed E-state index contributed by atoms with van der Waals surface area (Å²) in [6, 6.07) is 15.5. The Kier molecular flexibility index (Phi) is 4.81. The van der Waals surface area contributed by atoms with Gasteiger partial charge >= 0.3 is 0 Å². The predicted molar refractivity (Wildman–Crippen MR) is 90.3 cm³/mol. The molecule has 1 N–H and O–H groups in total. The number of carbonyl (C=O) groups excluding carboxylic acids is 1. The van der Waals surface area contributed by atoms with Crippen LogP contribution in [0.4, 0.5) is 11.4 Å². The zero-order valence-corrected chi connectivity index (χ0v) is 13.2. The highest BCUT2D eigenvalue weighted by molar-refractivity contribution is 6.32. The minimum absolute atomic E-state index is 0.0680. The summed E-state index contributed by atoms with van der Waals surface area (Å²) in [6.07, 6.45) is 0. The Morgan fingerprint density at radius 1 is 0.952 bits per heavy atom. The summed E-state index contributed by atoms with van der Waals surface area (Å²) >= 11 is 6.11. The number of hydrogen-bond acceptors (Lipinski definition) is 2. The number of hydrogen-bond donors (Lipinski definition) is 1. The lowest BCUT2D eigenvalue weighted by Gasteiger charge is -2.13. The molecular weight excluding hydrogens is 282 g/mol. The Morgan fingerprint density at radius 3 is 2.14 bits per heavy atom. The van der Waals surface area contributed by atoms with Crippen LogP contribution in [0, 0.1) is 0 Å². The second-order valence-corrected chi connectivity index (χ2v) is 5.53. The van der Waals surface area contributed by atoms with Crippen LogP contribution < -0.4 is 5.32 Å². The zero-order chi connectivity index (χ0) is 15.4. The van der Waals surface area contributed by atoms with Crippen molar-refractivity contribution < 1.29 is 4.79 Å². The van der Waals surface area contributed by atoms with E-state index in [1.54, 1.807) is 6.92 Å². The van der Waals surface area contributed by atoms with Crippen LogP contribution >= 0.6 is 11.6 Å². The molecular formula is C18H18ClNO. The van der Waals surface area contributed by atoms with Crippen molar-refractivity contribution in [1.82, 2.24) is 0 Å². The zero-order valence-electron chi connectivity index (χ0n) is 12.4. The lowest BCUT2D eigenvalue weighted by Crippen LogP contribution is -1.96. The summed E-state index contributed by atoms with van der Waals surface area (Å²) in [5, 5.41) is 4.14. The Bertz CT molecular complexity index is 683. The molecule has 0 aliphatic heterocycles. The first kappa shape index (κ1) is 15.3. The molecule has 0 aliphatic carbocycles. The van der Waals surface area contributed by atoms with Gasteiger partial charge in [-0.3, -0.25) is 4.79 Å². The summed E-state index contributed by atoms with van der Waals surface area (Å²) in [6.45, 7) is 5.45. The lowest BCUT2D eigenvalue weighted by molar-refractivity contribution is 0.101. The van der Waals surface area contributed by atoms with Crippen molar-refractivity contribution in [2.24, 2.45) is 0 Å². The molecule has 108 valence electrons. The van der Waals surface area contributed by atoms with E-state index < -0.39 is 0 Å². The molecule has 0 aromatic heterocycles. The molecule has 3 heteroatoms. The molecule has 2 rings (SSSR count). The van der Waals surface area contributed by atoms with Gasteiger partial charge < -0.3 is 5.32 Å². The molecule has 0 spiro atoms. The average Bonchev–Trinajstić information content (AvgIpc) is 2.47. The van der Waals surface area contributed by atoms with Gasteiger partial charge in [0.2, 0.25) is 0 Å². The number of benzene rings is 2. The Labute approximate surface area is 130 Å². The summed E-state index contributed by atoms with van der Waals surface area (Å²) in [5.41, 5.74) is 4.75. The Morgan fingerprint density at radius 2 is 1.57 bits per heavy atom. The number of para-hydroxylation sites is 1. The molecule has 2 aromatic carbocycles. The van der Waals surface area contributed by atoms with Gasteiger partial charge in [-0.2, -0.15) is 0 Å². The van der Waals surface area contributed by atoms with Gasteiger partial charge in [0.15, 0.2) is 5.78 Å². The highest BCUT2D eigenvalue weighted by Gasteiger charge is 2.06. The second kappa shape index (κ2) is 6.59. The monoisotopic (exact) mass is 299 g/mol. The molecule has 2 aromatic rings. The first-order valence-corrected chi connectivity index (χ1v) is 7.17. The van der Waals surface area contributed by atoms with Crippen molar-refractivity contribution in [2.75, 3.05) is 5.32 Å².